The quantitative estimate of drug-likeness (QED) is 0.909. The fourth-order valence-electron chi connectivity index (χ4n) is 2.71. The molecule has 3 heterocycles. The minimum absolute atomic E-state index is 0.0234. The third-order valence-corrected chi connectivity index (χ3v) is 5.40. The maximum atomic E-state index is 6.04. The highest BCUT2D eigenvalue weighted by atomic mass is 32.1. The van der Waals surface area contributed by atoms with Gasteiger partial charge in [0.25, 0.3) is 0 Å². The van der Waals surface area contributed by atoms with E-state index in [1.807, 2.05) is 4.52 Å². The third-order valence-electron chi connectivity index (χ3n) is 4.25. The summed E-state index contributed by atoms with van der Waals surface area (Å²) in [4.78, 5) is 0.899. The van der Waals surface area contributed by atoms with Crippen molar-refractivity contribution < 1.29 is 4.74 Å². The van der Waals surface area contributed by atoms with Crippen LogP contribution in [0.4, 0.5) is 0 Å². The molecule has 0 unspecified atom stereocenters. The lowest BCUT2D eigenvalue weighted by Crippen LogP contribution is -2.40. The van der Waals surface area contributed by atoms with E-state index in [1.54, 1.807) is 11.3 Å². The first kappa shape index (κ1) is 11.7. The summed E-state index contributed by atoms with van der Waals surface area (Å²) in [5.74, 6) is 1.59. The Kier molecular flexibility index (Phi) is 2.61. The summed E-state index contributed by atoms with van der Waals surface area (Å²) in [6, 6.07) is 0. The smallest absolute Gasteiger partial charge is 0.234 e. The first-order valence-electron chi connectivity index (χ1n) is 6.83. The Balaban J connectivity index is 1.77. The molecule has 1 aliphatic heterocycles. The number of hydrogen-bond donors (Lipinski definition) is 1. The van der Waals surface area contributed by atoms with Gasteiger partial charge in [0.15, 0.2) is 5.82 Å². The van der Waals surface area contributed by atoms with E-state index >= 15 is 0 Å². The highest BCUT2D eigenvalue weighted by Crippen LogP contribution is 2.41. The largest absolute Gasteiger partial charge is 0.381 e. The molecule has 0 amide bonds. The monoisotopic (exact) mass is 279 g/mol. The molecule has 0 aromatic carbocycles. The molecule has 2 aromatic rings. The number of aromatic nitrogens is 4. The second-order valence-corrected chi connectivity index (χ2v) is 6.49. The van der Waals surface area contributed by atoms with Crippen LogP contribution in [0.25, 0.3) is 4.96 Å². The van der Waals surface area contributed by atoms with E-state index < -0.39 is 0 Å². The van der Waals surface area contributed by atoms with E-state index in [2.05, 4.69) is 10.2 Å². The molecule has 0 radical (unpaired) electrons. The lowest BCUT2D eigenvalue weighted by atomic mass is 9.81. The number of fused-ring (bicyclic) bond motifs is 1. The molecule has 2 aromatic heterocycles. The zero-order chi connectivity index (χ0) is 12.9. The van der Waals surface area contributed by atoms with Crippen LogP contribution in [0.2, 0.25) is 0 Å². The van der Waals surface area contributed by atoms with Gasteiger partial charge < -0.3 is 10.5 Å². The summed E-state index contributed by atoms with van der Waals surface area (Å²) < 4.78 is 7.40. The molecular formula is C12H17N5OS. The number of rotatable bonds is 3. The average molecular weight is 279 g/mol. The van der Waals surface area contributed by atoms with Crippen LogP contribution in [0.5, 0.6) is 0 Å². The molecule has 2 fully saturated rings. The van der Waals surface area contributed by atoms with Crippen molar-refractivity contribution in [1.82, 2.24) is 19.8 Å². The van der Waals surface area contributed by atoms with E-state index in [1.165, 1.54) is 12.8 Å². The van der Waals surface area contributed by atoms with E-state index in [9.17, 15) is 0 Å². The molecule has 1 saturated heterocycles. The highest BCUT2D eigenvalue weighted by Gasteiger charge is 2.38. The van der Waals surface area contributed by atoms with E-state index in [-0.39, 0.29) is 5.41 Å². The van der Waals surface area contributed by atoms with Gasteiger partial charge in [-0.05, 0) is 25.7 Å². The molecule has 1 saturated carbocycles. The van der Waals surface area contributed by atoms with Gasteiger partial charge in [-0.1, -0.05) is 11.3 Å². The van der Waals surface area contributed by atoms with Gasteiger partial charge in [-0.2, -0.15) is 9.61 Å². The summed E-state index contributed by atoms with van der Waals surface area (Å²) in [7, 11) is 0. The SMILES string of the molecule is NCC1(c2nn3c(C4CC4)nnc3s2)CCOCC1. The fraction of sp³-hybridized carbons (Fsp3) is 0.750. The van der Waals surface area contributed by atoms with Crippen molar-refractivity contribution in [3.63, 3.8) is 0 Å². The van der Waals surface area contributed by atoms with Gasteiger partial charge in [0.2, 0.25) is 4.96 Å². The second kappa shape index (κ2) is 4.22. The van der Waals surface area contributed by atoms with Crippen molar-refractivity contribution in [3.8, 4) is 0 Å². The zero-order valence-electron chi connectivity index (χ0n) is 10.7. The summed E-state index contributed by atoms with van der Waals surface area (Å²) in [6.45, 7) is 2.17. The lowest BCUT2D eigenvalue weighted by molar-refractivity contribution is 0.0526. The van der Waals surface area contributed by atoms with Crippen molar-refractivity contribution in [3.05, 3.63) is 10.8 Å². The summed E-state index contributed by atoms with van der Waals surface area (Å²) >= 11 is 1.64. The molecule has 0 atom stereocenters. The molecule has 4 rings (SSSR count). The van der Waals surface area contributed by atoms with Gasteiger partial charge in [-0.25, -0.2) is 0 Å². The average Bonchev–Trinajstić information content (AvgIpc) is 3.07. The summed E-state index contributed by atoms with van der Waals surface area (Å²) in [6.07, 6.45) is 4.33. The maximum Gasteiger partial charge on any atom is 0.234 e. The maximum absolute atomic E-state index is 6.04. The third kappa shape index (κ3) is 1.79. The molecule has 19 heavy (non-hydrogen) atoms. The van der Waals surface area contributed by atoms with Gasteiger partial charge in [-0.15, -0.1) is 10.2 Å². The van der Waals surface area contributed by atoms with Crippen molar-refractivity contribution in [2.75, 3.05) is 19.8 Å². The van der Waals surface area contributed by atoms with Gasteiger partial charge in [0.1, 0.15) is 5.01 Å². The molecule has 0 bridgehead atoms. The Morgan fingerprint density at radius 2 is 2.11 bits per heavy atom. The van der Waals surface area contributed by atoms with E-state index in [0.29, 0.717) is 12.5 Å². The molecule has 102 valence electrons. The van der Waals surface area contributed by atoms with Gasteiger partial charge >= 0.3 is 0 Å². The Hall–Kier alpha value is -1.05. The van der Waals surface area contributed by atoms with Crippen LogP contribution in [0.3, 0.4) is 0 Å². The van der Waals surface area contributed by atoms with Crippen LogP contribution >= 0.6 is 11.3 Å². The summed E-state index contributed by atoms with van der Waals surface area (Å²) in [5, 5.41) is 14.4. The standard InChI is InChI=1S/C12H17N5OS/c13-7-12(3-5-18-6-4-12)10-16-17-9(8-1-2-8)14-15-11(17)19-10/h8H,1-7,13H2. The highest BCUT2D eigenvalue weighted by molar-refractivity contribution is 7.16. The van der Waals surface area contributed by atoms with Gasteiger partial charge in [0, 0.05) is 31.1 Å². The van der Waals surface area contributed by atoms with Crippen LogP contribution in [0.1, 0.15) is 42.4 Å². The predicted octanol–water partition coefficient (Wildman–Crippen LogP) is 1.07. The molecule has 7 heteroatoms. The molecule has 6 nitrogen and oxygen atoms in total. The lowest BCUT2D eigenvalue weighted by Gasteiger charge is -2.33. The number of ether oxygens (including phenoxy) is 1. The molecule has 2 N–H and O–H groups in total. The van der Waals surface area contributed by atoms with Crippen LogP contribution in [0.15, 0.2) is 0 Å². The topological polar surface area (TPSA) is 78.3 Å². The van der Waals surface area contributed by atoms with Crippen LogP contribution in [0, 0.1) is 0 Å². The molecular weight excluding hydrogens is 262 g/mol. The van der Waals surface area contributed by atoms with E-state index in [4.69, 9.17) is 15.6 Å². The Morgan fingerprint density at radius 3 is 2.79 bits per heavy atom. The Bertz CT molecular complexity index is 596. The number of nitrogens with two attached hydrogens (primary N) is 1. The first-order valence-corrected chi connectivity index (χ1v) is 7.64. The zero-order valence-corrected chi connectivity index (χ0v) is 11.5. The van der Waals surface area contributed by atoms with E-state index in [0.717, 1.165) is 41.8 Å². The Morgan fingerprint density at radius 1 is 1.32 bits per heavy atom. The van der Waals surface area contributed by atoms with Gasteiger partial charge in [0.05, 0.1) is 0 Å². The number of nitrogens with zero attached hydrogens (tertiary/aromatic N) is 4. The normalized spacial score (nSPS) is 23.0. The fourth-order valence-corrected chi connectivity index (χ4v) is 3.81. The molecule has 2 aliphatic rings. The summed E-state index contributed by atoms with van der Waals surface area (Å²) in [5.41, 5.74) is 6.01. The molecule has 0 spiro atoms. The molecule has 1 aliphatic carbocycles. The van der Waals surface area contributed by atoms with Crippen molar-refractivity contribution in [1.29, 1.82) is 0 Å². The van der Waals surface area contributed by atoms with Crippen LogP contribution in [-0.4, -0.2) is 39.6 Å². The van der Waals surface area contributed by atoms with Crippen molar-refractivity contribution in [2.45, 2.75) is 37.0 Å². The second-order valence-electron chi connectivity index (χ2n) is 5.53. The van der Waals surface area contributed by atoms with Crippen molar-refractivity contribution >= 4 is 16.3 Å². The first-order chi connectivity index (χ1) is 9.32. The van der Waals surface area contributed by atoms with Crippen LogP contribution < -0.4 is 5.73 Å². The van der Waals surface area contributed by atoms with Crippen LogP contribution in [-0.2, 0) is 10.2 Å². The number of hydrogen-bond acceptors (Lipinski definition) is 6. The Labute approximate surface area is 115 Å². The van der Waals surface area contributed by atoms with Crippen molar-refractivity contribution in [2.24, 2.45) is 5.73 Å². The van der Waals surface area contributed by atoms with Gasteiger partial charge in [-0.3, -0.25) is 0 Å². The minimum atomic E-state index is -0.0234. The minimum Gasteiger partial charge on any atom is -0.381 e. The predicted molar refractivity (Wildman–Crippen MR) is 71.4 cm³/mol.